The maximum Gasteiger partial charge on any atom is 0.0858 e. The van der Waals surface area contributed by atoms with Gasteiger partial charge in [0.1, 0.15) is 0 Å². The summed E-state index contributed by atoms with van der Waals surface area (Å²) in [5.41, 5.74) is 0. The van der Waals surface area contributed by atoms with Gasteiger partial charge in [0.15, 0.2) is 0 Å². The van der Waals surface area contributed by atoms with Gasteiger partial charge < -0.3 is 10.1 Å². The average Bonchev–Trinajstić information content (AvgIpc) is 2.94. The zero-order valence-electron chi connectivity index (χ0n) is 13.9. The van der Waals surface area contributed by atoms with Crippen LogP contribution in [-0.2, 0) is 17.6 Å². The number of thiophene rings is 1. The standard InChI is InChI=1S/C17H30N2OS/c1-5-14-7-8-15(21-14)11-16(18-6-2)17-12-19(13(3)4)9-10-20-17/h7-8,13,16-18H,5-6,9-12H2,1-4H3. The Balaban J connectivity index is 2.00. The second-order valence-corrected chi connectivity index (χ2v) is 7.34. The van der Waals surface area contributed by atoms with Gasteiger partial charge in [-0.05, 0) is 45.4 Å². The molecule has 1 saturated heterocycles. The topological polar surface area (TPSA) is 24.5 Å². The van der Waals surface area contributed by atoms with Crippen molar-refractivity contribution in [2.75, 3.05) is 26.2 Å². The summed E-state index contributed by atoms with van der Waals surface area (Å²) < 4.78 is 6.08. The van der Waals surface area contributed by atoms with Crippen LogP contribution < -0.4 is 5.32 Å². The van der Waals surface area contributed by atoms with E-state index in [-0.39, 0.29) is 0 Å². The van der Waals surface area contributed by atoms with Gasteiger partial charge in [-0.2, -0.15) is 0 Å². The number of hydrogen-bond donors (Lipinski definition) is 1. The third-order valence-electron chi connectivity index (χ3n) is 4.26. The highest BCUT2D eigenvalue weighted by Gasteiger charge is 2.29. The normalized spacial score (nSPS) is 21.9. The minimum atomic E-state index is 0.299. The monoisotopic (exact) mass is 310 g/mol. The van der Waals surface area contributed by atoms with Crippen LogP contribution in [0.1, 0.15) is 37.4 Å². The number of morpholine rings is 1. The van der Waals surface area contributed by atoms with E-state index in [1.165, 1.54) is 9.75 Å². The van der Waals surface area contributed by atoms with Crippen molar-refractivity contribution in [3.63, 3.8) is 0 Å². The summed E-state index contributed by atoms with van der Waals surface area (Å²) in [4.78, 5) is 5.49. The summed E-state index contributed by atoms with van der Waals surface area (Å²) in [6.07, 6.45) is 2.51. The van der Waals surface area contributed by atoms with Gasteiger partial charge >= 0.3 is 0 Å². The van der Waals surface area contributed by atoms with Gasteiger partial charge in [-0.25, -0.2) is 0 Å². The quantitative estimate of drug-likeness (QED) is 0.838. The number of aryl methyl sites for hydroxylation is 1. The number of rotatable bonds is 7. The summed E-state index contributed by atoms with van der Waals surface area (Å²) in [5, 5.41) is 3.64. The maximum atomic E-state index is 6.08. The lowest BCUT2D eigenvalue weighted by Crippen LogP contribution is -2.54. The molecule has 1 aromatic heterocycles. The Kier molecular flexibility index (Phi) is 6.68. The Morgan fingerprint density at radius 3 is 2.71 bits per heavy atom. The first kappa shape index (κ1) is 16.9. The Hall–Kier alpha value is -0.420. The molecule has 0 radical (unpaired) electrons. The minimum Gasteiger partial charge on any atom is -0.374 e. The molecule has 1 aromatic rings. The third kappa shape index (κ3) is 4.78. The smallest absolute Gasteiger partial charge is 0.0858 e. The second kappa shape index (κ2) is 8.28. The van der Waals surface area contributed by atoms with Crippen molar-refractivity contribution in [2.24, 2.45) is 0 Å². The predicted molar refractivity (Wildman–Crippen MR) is 91.3 cm³/mol. The maximum absolute atomic E-state index is 6.08. The van der Waals surface area contributed by atoms with E-state index in [1.54, 1.807) is 0 Å². The Bertz CT molecular complexity index is 419. The van der Waals surface area contributed by atoms with Crippen LogP contribution in [0.15, 0.2) is 12.1 Å². The van der Waals surface area contributed by atoms with E-state index in [0.29, 0.717) is 18.2 Å². The summed E-state index contributed by atoms with van der Waals surface area (Å²) >= 11 is 1.95. The highest BCUT2D eigenvalue weighted by Crippen LogP contribution is 2.21. The van der Waals surface area contributed by atoms with Gasteiger partial charge in [0, 0.05) is 34.9 Å². The van der Waals surface area contributed by atoms with E-state index < -0.39 is 0 Å². The molecular formula is C17H30N2OS. The number of nitrogens with one attached hydrogen (secondary N) is 1. The Labute approximate surface area is 133 Å². The van der Waals surface area contributed by atoms with E-state index in [4.69, 9.17) is 4.74 Å². The Morgan fingerprint density at radius 2 is 2.10 bits per heavy atom. The lowest BCUT2D eigenvalue weighted by molar-refractivity contribution is -0.0549. The predicted octanol–water partition coefficient (Wildman–Crippen LogP) is 2.94. The molecule has 0 aromatic carbocycles. The summed E-state index contributed by atoms with van der Waals surface area (Å²) in [6, 6.07) is 5.58. The van der Waals surface area contributed by atoms with Gasteiger partial charge in [0.25, 0.3) is 0 Å². The van der Waals surface area contributed by atoms with Crippen LogP contribution in [0.25, 0.3) is 0 Å². The summed E-state index contributed by atoms with van der Waals surface area (Å²) in [7, 11) is 0. The van der Waals surface area contributed by atoms with Crippen LogP contribution in [0, 0.1) is 0 Å². The van der Waals surface area contributed by atoms with Crippen LogP contribution in [0.2, 0.25) is 0 Å². The lowest BCUT2D eigenvalue weighted by Gasteiger charge is -2.39. The van der Waals surface area contributed by atoms with Gasteiger partial charge in [-0.1, -0.05) is 13.8 Å². The number of nitrogens with zero attached hydrogens (tertiary/aromatic N) is 1. The van der Waals surface area contributed by atoms with Gasteiger partial charge in [-0.3, -0.25) is 4.90 Å². The van der Waals surface area contributed by atoms with E-state index in [2.05, 4.69) is 50.0 Å². The van der Waals surface area contributed by atoms with Crippen molar-refractivity contribution < 1.29 is 4.74 Å². The molecule has 2 atom stereocenters. The third-order valence-corrected chi connectivity index (χ3v) is 5.51. The second-order valence-electron chi connectivity index (χ2n) is 6.09. The lowest BCUT2D eigenvalue weighted by atomic mass is 10.0. The van der Waals surface area contributed by atoms with Gasteiger partial charge in [0.05, 0.1) is 12.7 Å². The van der Waals surface area contributed by atoms with Crippen LogP contribution in [-0.4, -0.2) is 49.3 Å². The van der Waals surface area contributed by atoms with Gasteiger partial charge in [-0.15, -0.1) is 11.3 Å². The fourth-order valence-corrected chi connectivity index (χ4v) is 3.96. The van der Waals surface area contributed by atoms with Crippen molar-refractivity contribution in [3.8, 4) is 0 Å². The van der Waals surface area contributed by atoms with E-state index in [9.17, 15) is 0 Å². The molecule has 0 bridgehead atoms. The summed E-state index contributed by atoms with van der Waals surface area (Å²) in [5.74, 6) is 0. The minimum absolute atomic E-state index is 0.299. The average molecular weight is 311 g/mol. The van der Waals surface area contributed by atoms with Crippen LogP contribution in [0.4, 0.5) is 0 Å². The molecule has 1 N–H and O–H groups in total. The van der Waals surface area contributed by atoms with Crippen molar-refractivity contribution in [3.05, 3.63) is 21.9 Å². The number of ether oxygens (including phenoxy) is 1. The van der Waals surface area contributed by atoms with Crippen LogP contribution in [0.5, 0.6) is 0 Å². The molecule has 0 amide bonds. The first-order chi connectivity index (χ1) is 10.1. The summed E-state index contributed by atoms with van der Waals surface area (Å²) in [6.45, 7) is 12.9. The zero-order chi connectivity index (χ0) is 15.2. The van der Waals surface area contributed by atoms with Crippen molar-refractivity contribution in [1.29, 1.82) is 0 Å². The molecule has 0 spiro atoms. The molecule has 3 nitrogen and oxygen atoms in total. The molecule has 2 unspecified atom stereocenters. The molecule has 0 aliphatic carbocycles. The molecule has 1 fully saturated rings. The molecular weight excluding hydrogens is 280 g/mol. The number of hydrogen-bond acceptors (Lipinski definition) is 4. The molecule has 0 saturated carbocycles. The first-order valence-electron chi connectivity index (χ1n) is 8.30. The fourth-order valence-electron chi connectivity index (χ4n) is 2.94. The highest BCUT2D eigenvalue weighted by atomic mass is 32.1. The van der Waals surface area contributed by atoms with E-state index in [0.717, 1.165) is 39.1 Å². The highest BCUT2D eigenvalue weighted by molar-refractivity contribution is 7.11. The Morgan fingerprint density at radius 1 is 1.33 bits per heavy atom. The molecule has 21 heavy (non-hydrogen) atoms. The van der Waals surface area contributed by atoms with Gasteiger partial charge in [0.2, 0.25) is 0 Å². The largest absolute Gasteiger partial charge is 0.374 e. The molecule has 1 aliphatic heterocycles. The van der Waals surface area contributed by atoms with Crippen LogP contribution >= 0.6 is 11.3 Å². The van der Waals surface area contributed by atoms with Crippen molar-refractivity contribution in [2.45, 2.75) is 58.7 Å². The molecule has 2 heterocycles. The molecule has 2 rings (SSSR count). The van der Waals surface area contributed by atoms with Crippen molar-refractivity contribution >= 4 is 11.3 Å². The molecule has 4 heteroatoms. The fraction of sp³-hybridized carbons (Fsp3) is 0.765. The SMILES string of the molecule is CCNC(Cc1ccc(CC)s1)C1CN(C(C)C)CCO1. The van der Waals surface area contributed by atoms with E-state index in [1.807, 2.05) is 11.3 Å². The molecule has 1 aliphatic rings. The van der Waals surface area contributed by atoms with Crippen molar-refractivity contribution in [1.82, 2.24) is 10.2 Å². The molecule has 120 valence electrons. The zero-order valence-corrected chi connectivity index (χ0v) is 14.7. The van der Waals surface area contributed by atoms with Crippen LogP contribution in [0.3, 0.4) is 0 Å². The first-order valence-corrected chi connectivity index (χ1v) is 9.12. The van der Waals surface area contributed by atoms with E-state index >= 15 is 0 Å². The number of likely N-dealkylation sites (N-methyl/N-ethyl adjacent to an activating group) is 1.